The molecule has 2 aromatic rings. The van der Waals surface area contributed by atoms with E-state index in [1.54, 1.807) is 7.05 Å². The van der Waals surface area contributed by atoms with Crippen LogP contribution >= 0.6 is 24.0 Å². The Kier molecular flexibility index (Phi) is 8.82. The highest BCUT2D eigenvalue weighted by molar-refractivity contribution is 14.0. The lowest BCUT2D eigenvalue weighted by molar-refractivity contribution is 0.223. The van der Waals surface area contributed by atoms with E-state index in [0.717, 1.165) is 23.2 Å². The van der Waals surface area contributed by atoms with E-state index in [-0.39, 0.29) is 36.1 Å². The third-order valence-corrected chi connectivity index (χ3v) is 3.68. The van der Waals surface area contributed by atoms with Crippen LogP contribution in [0.1, 0.15) is 37.0 Å². The molecule has 2 atom stereocenters. The number of benzene rings is 1. The predicted molar refractivity (Wildman–Crippen MR) is 113 cm³/mol. The van der Waals surface area contributed by atoms with Gasteiger partial charge in [-0.1, -0.05) is 17.7 Å². The van der Waals surface area contributed by atoms with Crippen LogP contribution in [-0.2, 0) is 0 Å². The van der Waals surface area contributed by atoms with Crippen LogP contribution < -0.4 is 15.4 Å². The van der Waals surface area contributed by atoms with Crippen molar-refractivity contribution in [1.29, 1.82) is 0 Å². The molecule has 6 heteroatoms. The maximum atomic E-state index is 5.89. The second-order valence-electron chi connectivity index (χ2n) is 6.01. The summed E-state index contributed by atoms with van der Waals surface area (Å²) in [6.07, 6.45) is 0.0208. The number of aliphatic imine (C=N–C) groups is 1. The molecule has 0 fully saturated rings. The summed E-state index contributed by atoms with van der Waals surface area (Å²) in [5.74, 6) is 3.38. The highest BCUT2D eigenvalue weighted by Gasteiger charge is 2.12. The molecule has 0 saturated carbocycles. The minimum atomic E-state index is 0. The van der Waals surface area contributed by atoms with E-state index in [4.69, 9.17) is 9.15 Å². The first-order valence-corrected chi connectivity index (χ1v) is 8.24. The summed E-state index contributed by atoms with van der Waals surface area (Å²) in [7, 11) is 1.75. The Morgan fingerprint density at radius 3 is 2.36 bits per heavy atom. The average Bonchev–Trinajstić information content (AvgIpc) is 3.00. The van der Waals surface area contributed by atoms with Gasteiger partial charge in [0.1, 0.15) is 23.4 Å². The molecule has 0 spiro atoms. The summed E-state index contributed by atoms with van der Waals surface area (Å²) in [6, 6.07) is 12.0. The van der Waals surface area contributed by atoms with Gasteiger partial charge in [-0.2, -0.15) is 0 Å². The van der Waals surface area contributed by atoms with Crippen molar-refractivity contribution in [3.63, 3.8) is 0 Å². The number of hydrogen-bond donors (Lipinski definition) is 2. The lowest BCUT2D eigenvalue weighted by atomic mass is 10.2. The lowest BCUT2D eigenvalue weighted by Crippen LogP contribution is -2.42. The second-order valence-corrected chi connectivity index (χ2v) is 6.01. The molecule has 1 aromatic carbocycles. The summed E-state index contributed by atoms with van der Waals surface area (Å²) in [5, 5.41) is 6.59. The van der Waals surface area contributed by atoms with Gasteiger partial charge in [-0.25, -0.2) is 0 Å². The quantitative estimate of drug-likeness (QED) is 0.388. The Labute approximate surface area is 167 Å². The number of hydrogen-bond acceptors (Lipinski definition) is 3. The zero-order valence-electron chi connectivity index (χ0n) is 15.5. The second kappa shape index (κ2) is 10.3. The molecule has 1 aromatic heterocycles. The fraction of sp³-hybridized carbons (Fsp3) is 0.421. The smallest absolute Gasteiger partial charge is 0.191 e. The number of rotatable bonds is 6. The minimum absolute atomic E-state index is 0. The number of furan rings is 1. The Hall–Kier alpha value is -1.70. The van der Waals surface area contributed by atoms with E-state index in [9.17, 15) is 0 Å². The van der Waals surface area contributed by atoms with Crippen LogP contribution in [0.3, 0.4) is 0 Å². The van der Waals surface area contributed by atoms with E-state index in [1.807, 2.05) is 57.2 Å². The van der Waals surface area contributed by atoms with Crippen molar-refractivity contribution in [3.05, 3.63) is 53.5 Å². The molecule has 0 aliphatic rings. The summed E-state index contributed by atoms with van der Waals surface area (Å²) >= 11 is 0. The van der Waals surface area contributed by atoms with Gasteiger partial charge in [0.25, 0.3) is 0 Å². The molecule has 0 aliphatic heterocycles. The number of aryl methyl sites for hydroxylation is 2. The van der Waals surface area contributed by atoms with Crippen LogP contribution in [0.5, 0.6) is 5.75 Å². The molecule has 1 heterocycles. The van der Waals surface area contributed by atoms with Crippen LogP contribution in [0.4, 0.5) is 0 Å². The van der Waals surface area contributed by atoms with Crippen LogP contribution in [0.2, 0.25) is 0 Å². The van der Waals surface area contributed by atoms with Gasteiger partial charge >= 0.3 is 0 Å². The third-order valence-electron chi connectivity index (χ3n) is 3.68. The summed E-state index contributed by atoms with van der Waals surface area (Å²) in [5.41, 5.74) is 1.22. The minimum Gasteiger partial charge on any atom is -0.489 e. The highest BCUT2D eigenvalue weighted by Crippen LogP contribution is 2.15. The van der Waals surface area contributed by atoms with Gasteiger partial charge in [0.2, 0.25) is 0 Å². The summed E-state index contributed by atoms with van der Waals surface area (Å²) in [6.45, 7) is 8.72. The van der Waals surface area contributed by atoms with Gasteiger partial charge in [0.15, 0.2) is 5.96 Å². The average molecular weight is 457 g/mol. The molecule has 2 rings (SSSR count). The van der Waals surface area contributed by atoms with E-state index < -0.39 is 0 Å². The SMILES string of the molecule is CN=C(NCC(C)Oc1ccc(C)cc1)NC(C)c1ccc(C)o1.I. The molecule has 5 nitrogen and oxygen atoms in total. The monoisotopic (exact) mass is 457 g/mol. The number of nitrogens with one attached hydrogen (secondary N) is 2. The first kappa shape index (κ1) is 21.3. The van der Waals surface area contributed by atoms with Crippen LogP contribution in [0, 0.1) is 13.8 Å². The van der Waals surface area contributed by atoms with E-state index in [1.165, 1.54) is 5.56 Å². The van der Waals surface area contributed by atoms with Crippen molar-refractivity contribution in [2.24, 2.45) is 4.99 Å². The lowest BCUT2D eigenvalue weighted by Gasteiger charge is -2.19. The number of ether oxygens (including phenoxy) is 1. The van der Waals surface area contributed by atoms with Crippen LogP contribution in [0.15, 0.2) is 45.8 Å². The molecular weight excluding hydrogens is 429 g/mol. The Morgan fingerprint density at radius 1 is 1.12 bits per heavy atom. The van der Waals surface area contributed by atoms with Gasteiger partial charge in [0.05, 0.1) is 12.6 Å². The third kappa shape index (κ3) is 6.97. The Bertz CT molecular complexity index is 668. The van der Waals surface area contributed by atoms with E-state index >= 15 is 0 Å². The van der Waals surface area contributed by atoms with Crippen molar-refractivity contribution in [2.75, 3.05) is 13.6 Å². The molecule has 0 amide bonds. The Morgan fingerprint density at radius 2 is 1.80 bits per heavy atom. The maximum Gasteiger partial charge on any atom is 0.191 e. The number of halogens is 1. The van der Waals surface area contributed by atoms with Crippen molar-refractivity contribution in [1.82, 2.24) is 10.6 Å². The molecule has 0 saturated heterocycles. The normalized spacial score (nSPS) is 13.6. The summed E-state index contributed by atoms with van der Waals surface area (Å²) < 4.78 is 11.5. The zero-order chi connectivity index (χ0) is 17.5. The van der Waals surface area contributed by atoms with Crippen molar-refractivity contribution in [3.8, 4) is 5.75 Å². The molecule has 2 unspecified atom stereocenters. The molecule has 138 valence electrons. The first-order valence-electron chi connectivity index (χ1n) is 8.24. The van der Waals surface area contributed by atoms with E-state index in [2.05, 4.69) is 22.5 Å². The number of nitrogens with zero attached hydrogens (tertiary/aromatic N) is 1. The van der Waals surface area contributed by atoms with Gasteiger partial charge in [-0.05, 0) is 52.0 Å². The molecule has 0 bridgehead atoms. The van der Waals surface area contributed by atoms with Crippen molar-refractivity contribution >= 4 is 29.9 Å². The fourth-order valence-electron chi connectivity index (χ4n) is 2.29. The van der Waals surface area contributed by atoms with Gasteiger partial charge in [-0.3, -0.25) is 4.99 Å². The molecule has 2 N–H and O–H groups in total. The van der Waals surface area contributed by atoms with Crippen molar-refractivity contribution in [2.45, 2.75) is 39.8 Å². The standard InChI is InChI=1S/C19H27N3O2.HI/c1-13-6-9-17(10-7-13)23-15(3)12-21-19(20-5)22-16(4)18-11-8-14(2)24-18;/h6-11,15-16H,12H2,1-5H3,(H2,20,21,22);1H. The molecule has 0 aliphatic carbocycles. The molecule has 25 heavy (non-hydrogen) atoms. The first-order chi connectivity index (χ1) is 11.5. The largest absolute Gasteiger partial charge is 0.489 e. The van der Waals surface area contributed by atoms with Gasteiger partial charge < -0.3 is 19.8 Å². The Balaban J connectivity index is 0.00000312. The van der Waals surface area contributed by atoms with Crippen LogP contribution in [-0.4, -0.2) is 25.7 Å². The highest BCUT2D eigenvalue weighted by atomic mass is 127. The van der Waals surface area contributed by atoms with Crippen molar-refractivity contribution < 1.29 is 9.15 Å². The number of guanidine groups is 1. The van der Waals surface area contributed by atoms with Crippen LogP contribution in [0.25, 0.3) is 0 Å². The molecular formula is C19H28IN3O2. The molecule has 0 radical (unpaired) electrons. The van der Waals surface area contributed by atoms with E-state index in [0.29, 0.717) is 6.54 Å². The summed E-state index contributed by atoms with van der Waals surface area (Å²) in [4.78, 5) is 4.25. The van der Waals surface area contributed by atoms with Gasteiger partial charge in [-0.15, -0.1) is 24.0 Å². The predicted octanol–water partition coefficient (Wildman–Crippen LogP) is 4.21. The fourth-order valence-corrected chi connectivity index (χ4v) is 2.29. The maximum absolute atomic E-state index is 5.89. The van der Waals surface area contributed by atoms with Gasteiger partial charge in [0, 0.05) is 7.05 Å². The zero-order valence-corrected chi connectivity index (χ0v) is 17.8. The topological polar surface area (TPSA) is 58.8 Å².